The average Bonchev–Trinajstić information content (AvgIpc) is 2.50. The van der Waals surface area contributed by atoms with Crippen LogP contribution in [0.25, 0.3) is 11.3 Å². The molecule has 0 bridgehead atoms. The highest BCUT2D eigenvalue weighted by Gasteiger charge is 2.08. The first-order chi connectivity index (χ1) is 6.68. The zero-order chi connectivity index (χ0) is 10.1. The standard InChI is InChI=1S/C9H9FN4/c1-14-9(11)8(12-13-14)6-2-4-7(10)5-3-6/h2-5H,11H2,1H3. The predicted octanol–water partition coefficient (Wildman–Crippen LogP) is 1.20. The summed E-state index contributed by atoms with van der Waals surface area (Å²) in [6, 6.07) is 5.97. The Morgan fingerprint density at radius 3 is 2.43 bits per heavy atom. The molecule has 0 spiro atoms. The van der Waals surface area contributed by atoms with Crippen LogP contribution in [0.4, 0.5) is 10.2 Å². The van der Waals surface area contributed by atoms with Crippen LogP contribution in [0.1, 0.15) is 0 Å². The van der Waals surface area contributed by atoms with Crippen molar-refractivity contribution < 1.29 is 4.39 Å². The number of nitrogen functional groups attached to an aromatic ring is 1. The van der Waals surface area contributed by atoms with Crippen molar-refractivity contribution in [3.8, 4) is 11.3 Å². The van der Waals surface area contributed by atoms with E-state index in [1.165, 1.54) is 16.8 Å². The molecule has 1 heterocycles. The number of aromatic nitrogens is 3. The van der Waals surface area contributed by atoms with E-state index in [2.05, 4.69) is 10.3 Å². The van der Waals surface area contributed by atoms with Gasteiger partial charge in [-0.2, -0.15) is 0 Å². The van der Waals surface area contributed by atoms with E-state index in [9.17, 15) is 4.39 Å². The summed E-state index contributed by atoms with van der Waals surface area (Å²) in [5.74, 6) is 0.188. The fraction of sp³-hybridized carbons (Fsp3) is 0.111. The molecule has 0 aliphatic heterocycles. The van der Waals surface area contributed by atoms with Gasteiger partial charge in [0.1, 0.15) is 17.3 Å². The molecule has 4 nitrogen and oxygen atoms in total. The van der Waals surface area contributed by atoms with E-state index >= 15 is 0 Å². The molecule has 72 valence electrons. The smallest absolute Gasteiger partial charge is 0.150 e. The topological polar surface area (TPSA) is 56.7 Å². The van der Waals surface area contributed by atoms with Crippen molar-refractivity contribution in [2.75, 3.05) is 5.73 Å². The van der Waals surface area contributed by atoms with Gasteiger partial charge < -0.3 is 5.73 Å². The fourth-order valence-corrected chi connectivity index (χ4v) is 1.18. The summed E-state index contributed by atoms with van der Waals surface area (Å²) in [6.07, 6.45) is 0. The lowest BCUT2D eigenvalue weighted by molar-refractivity contribution is 0.628. The number of benzene rings is 1. The molecule has 1 aromatic heterocycles. The number of rotatable bonds is 1. The Bertz CT molecular complexity index is 446. The quantitative estimate of drug-likeness (QED) is 0.738. The van der Waals surface area contributed by atoms with Crippen LogP contribution in [-0.4, -0.2) is 15.0 Å². The minimum atomic E-state index is -0.281. The zero-order valence-corrected chi connectivity index (χ0v) is 7.61. The summed E-state index contributed by atoms with van der Waals surface area (Å²) in [5.41, 5.74) is 7.05. The molecule has 0 aliphatic rings. The predicted molar refractivity (Wildman–Crippen MR) is 50.8 cm³/mol. The largest absolute Gasteiger partial charge is 0.382 e. The molecular formula is C9H9FN4. The van der Waals surface area contributed by atoms with Crippen molar-refractivity contribution in [3.05, 3.63) is 30.1 Å². The third-order valence-electron chi connectivity index (χ3n) is 1.99. The second-order valence-electron chi connectivity index (χ2n) is 2.95. The van der Waals surface area contributed by atoms with E-state index in [0.29, 0.717) is 11.5 Å². The first-order valence-electron chi connectivity index (χ1n) is 4.09. The van der Waals surface area contributed by atoms with Gasteiger partial charge in [0.25, 0.3) is 0 Å². The van der Waals surface area contributed by atoms with Crippen LogP contribution in [0.5, 0.6) is 0 Å². The van der Waals surface area contributed by atoms with Crippen molar-refractivity contribution in [2.24, 2.45) is 7.05 Å². The third-order valence-corrected chi connectivity index (χ3v) is 1.99. The van der Waals surface area contributed by atoms with Gasteiger partial charge in [-0.3, -0.25) is 0 Å². The normalized spacial score (nSPS) is 10.4. The molecule has 0 radical (unpaired) electrons. The van der Waals surface area contributed by atoms with E-state index in [0.717, 1.165) is 5.56 Å². The first kappa shape index (κ1) is 8.68. The maximum Gasteiger partial charge on any atom is 0.150 e. The molecule has 1 aromatic carbocycles. The molecule has 0 aliphatic carbocycles. The number of nitrogens with zero attached hydrogens (tertiary/aromatic N) is 3. The number of hydrogen-bond acceptors (Lipinski definition) is 3. The number of nitrogens with two attached hydrogens (primary N) is 1. The Hall–Kier alpha value is -1.91. The minimum absolute atomic E-state index is 0.281. The lowest BCUT2D eigenvalue weighted by atomic mass is 10.1. The Kier molecular flexibility index (Phi) is 1.92. The Morgan fingerprint density at radius 2 is 1.93 bits per heavy atom. The lowest BCUT2D eigenvalue weighted by Gasteiger charge is -1.97. The Morgan fingerprint density at radius 1 is 1.29 bits per heavy atom. The number of aryl methyl sites for hydroxylation is 1. The summed E-state index contributed by atoms with van der Waals surface area (Å²) in [4.78, 5) is 0. The summed E-state index contributed by atoms with van der Waals surface area (Å²) >= 11 is 0. The first-order valence-corrected chi connectivity index (χ1v) is 4.09. The number of hydrogen-bond donors (Lipinski definition) is 1. The highest BCUT2D eigenvalue weighted by molar-refractivity contribution is 5.69. The highest BCUT2D eigenvalue weighted by atomic mass is 19.1. The summed E-state index contributed by atoms with van der Waals surface area (Å²) in [5, 5.41) is 7.64. The van der Waals surface area contributed by atoms with Crippen LogP contribution in [0.2, 0.25) is 0 Å². The van der Waals surface area contributed by atoms with Crippen molar-refractivity contribution in [1.29, 1.82) is 0 Å². The van der Waals surface area contributed by atoms with Gasteiger partial charge in [0.05, 0.1) is 0 Å². The molecule has 0 saturated heterocycles. The van der Waals surface area contributed by atoms with E-state index in [4.69, 9.17) is 5.73 Å². The van der Waals surface area contributed by atoms with Gasteiger partial charge >= 0.3 is 0 Å². The fourth-order valence-electron chi connectivity index (χ4n) is 1.18. The monoisotopic (exact) mass is 192 g/mol. The van der Waals surface area contributed by atoms with Gasteiger partial charge in [-0.1, -0.05) is 5.21 Å². The molecule has 2 aromatic rings. The molecule has 5 heteroatoms. The summed E-state index contributed by atoms with van der Waals surface area (Å²) in [6.45, 7) is 0. The molecule has 0 unspecified atom stereocenters. The summed E-state index contributed by atoms with van der Waals surface area (Å²) in [7, 11) is 1.70. The second-order valence-corrected chi connectivity index (χ2v) is 2.95. The minimum Gasteiger partial charge on any atom is -0.382 e. The van der Waals surface area contributed by atoms with Crippen LogP contribution in [0.15, 0.2) is 24.3 Å². The van der Waals surface area contributed by atoms with Crippen LogP contribution < -0.4 is 5.73 Å². The maximum absolute atomic E-state index is 12.6. The molecule has 0 atom stereocenters. The van der Waals surface area contributed by atoms with Crippen molar-refractivity contribution >= 4 is 5.82 Å². The van der Waals surface area contributed by atoms with E-state index in [1.54, 1.807) is 19.2 Å². The van der Waals surface area contributed by atoms with Gasteiger partial charge in [0, 0.05) is 12.6 Å². The number of halogens is 1. The Labute approximate surface area is 80.2 Å². The van der Waals surface area contributed by atoms with Gasteiger partial charge in [-0.25, -0.2) is 9.07 Å². The molecule has 2 N–H and O–H groups in total. The van der Waals surface area contributed by atoms with Crippen LogP contribution in [0.3, 0.4) is 0 Å². The van der Waals surface area contributed by atoms with Crippen molar-refractivity contribution in [1.82, 2.24) is 15.0 Å². The molecule has 14 heavy (non-hydrogen) atoms. The van der Waals surface area contributed by atoms with Gasteiger partial charge in [0.15, 0.2) is 0 Å². The van der Waals surface area contributed by atoms with Gasteiger partial charge in [-0.05, 0) is 24.3 Å². The zero-order valence-electron chi connectivity index (χ0n) is 7.61. The molecule has 0 saturated carbocycles. The summed E-state index contributed by atoms with van der Waals surface area (Å²) < 4.78 is 14.1. The molecule has 0 fully saturated rings. The van der Waals surface area contributed by atoms with E-state index in [1.807, 2.05) is 0 Å². The molecule has 0 amide bonds. The van der Waals surface area contributed by atoms with Crippen molar-refractivity contribution in [2.45, 2.75) is 0 Å². The second kappa shape index (κ2) is 3.10. The highest BCUT2D eigenvalue weighted by Crippen LogP contribution is 2.22. The van der Waals surface area contributed by atoms with Crippen molar-refractivity contribution in [3.63, 3.8) is 0 Å². The van der Waals surface area contributed by atoms with Crippen LogP contribution in [0, 0.1) is 5.82 Å². The lowest BCUT2D eigenvalue weighted by Crippen LogP contribution is -1.97. The molecule has 2 rings (SSSR count). The third kappa shape index (κ3) is 1.32. The van der Waals surface area contributed by atoms with Gasteiger partial charge in [-0.15, -0.1) is 5.10 Å². The average molecular weight is 192 g/mol. The van der Waals surface area contributed by atoms with E-state index in [-0.39, 0.29) is 5.82 Å². The van der Waals surface area contributed by atoms with Crippen LogP contribution >= 0.6 is 0 Å². The maximum atomic E-state index is 12.6. The SMILES string of the molecule is Cn1nnc(-c2ccc(F)cc2)c1N. The Balaban J connectivity index is 2.49. The number of anilines is 1. The van der Waals surface area contributed by atoms with Gasteiger partial charge in [0.2, 0.25) is 0 Å². The van der Waals surface area contributed by atoms with E-state index < -0.39 is 0 Å². The molecular weight excluding hydrogens is 183 g/mol. The van der Waals surface area contributed by atoms with Crippen LogP contribution in [-0.2, 0) is 7.05 Å².